The fourth-order valence-electron chi connectivity index (χ4n) is 12.9. The van der Waals surface area contributed by atoms with Gasteiger partial charge in [0.2, 0.25) is 0 Å². The molecule has 0 N–H and O–H groups in total. The van der Waals surface area contributed by atoms with Crippen LogP contribution in [0.15, 0.2) is 339 Å². The second kappa shape index (κ2) is 22.4. The maximum atomic E-state index is 5.62. The number of fused-ring (bicyclic) bond motifs is 3. The molecular formula is C84H56N4. The van der Waals surface area contributed by atoms with Crippen molar-refractivity contribution in [2.45, 2.75) is 5.92 Å². The van der Waals surface area contributed by atoms with Gasteiger partial charge in [0, 0.05) is 33.2 Å². The van der Waals surface area contributed by atoms with Gasteiger partial charge in [-0.15, -0.1) is 0 Å². The molecule has 1 aliphatic rings. The van der Waals surface area contributed by atoms with Gasteiger partial charge in [0.15, 0.2) is 5.82 Å². The third-order valence-electron chi connectivity index (χ3n) is 17.3. The SMILES string of the molecule is c1ccc(C2=Nc3cc(-c4ccc(-c5nc(-c6ccc(-c7ccc8c(c7)cc(-c7ccccc7)n8-c7ccccc7)cc6)c6cc(-c7ccc(-c8ccccc8)cc7)cc(-c7ccc(-c8ccccc8)cc7)c6n5)cc4)ccc3[C@H]2c2ccccc2)cc1. The summed E-state index contributed by atoms with van der Waals surface area (Å²) >= 11 is 0. The van der Waals surface area contributed by atoms with Gasteiger partial charge in [-0.1, -0.05) is 285 Å². The van der Waals surface area contributed by atoms with E-state index in [-0.39, 0.29) is 5.92 Å². The second-order valence-electron chi connectivity index (χ2n) is 22.7. The normalized spacial score (nSPS) is 12.7. The zero-order valence-electron chi connectivity index (χ0n) is 48.1. The lowest BCUT2D eigenvalue weighted by molar-refractivity contribution is 1.11. The van der Waals surface area contributed by atoms with E-state index in [4.69, 9.17) is 15.0 Å². The molecule has 3 heterocycles. The molecule has 412 valence electrons. The van der Waals surface area contributed by atoms with Crippen molar-refractivity contribution in [3.63, 3.8) is 0 Å². The summed E-state index contributed by atoms with van der Waals surface area (Å²) in [7, 11) is 0. The highest BCUT2D eigenvalue weighted by Crippen LogP contribution is 2.45. The minimum atomic E-state index is 0.0465. The van der Waals surface area contributed by atoms with Crippen molar-refractivity contribution in [3.05, 3.63) is 350 Å². The number of benzene rings is 13. The van der Waals surface area contributed by atoms with Crippen LogP contribution in [0.4, 0.5) is 5.69 Å². The lowest BCUT2D eigenvalue weighted by atomic mass is 9.85. The number of para-hydroxylation sites is 1. The number of nitrogens with zero attached hydrogens (tertiary/aromatic N) is 4. The van der Waals surface area contributed by atoms with Gasteiger partial charge in [0.05, 0.1) is 39.7 Å². The Hall–Kier alpha value is -11.6. The van der Waals surface area contributed by atoms with Gasteiger partial charge in [-0.2, -0.15) is 0 Å². The Morgan fingerprint density at radius 3 is 1.33 bits per heavy atom. The van der Waals surface area contributed by atoms with Crippen molar-refractivity contribution in [1.29, 1.82) is 0 Å². The molecule has 0 unspecified atom stereocenters. The Balaban J connectivity index is 0.829. The molecular weight excluding hydrogens is 1060 g/mol. The van der Waals surface area contributed by atoms with E-state index in [9.17, 15) is 0 Å². The lowest BCUT2D eigenvalue weighted by Crippen LogP contribution is -2.11. The molecule has 0 aliphatic carbocycles. The molecule has 4 nitrogen and oxygen atoms in total. The quantitative estimate of drug-likeness (QED) is 0.122. The second-order valence-corrected chi connectivity index (χ2v) is 22.7. The minimum absolute atomic E-state index is 0.0465. The highest BCUT2D eigenvalue weighted by atomic mass is 15.0. The van der Waals surface area contributed by atoms with Crippen LogP contribution < -0.4 is 0 Å². The van der Waals surface area contributed by atoms with Crippen LogP contribution in [0.2, 0.25) is 0 Å². The molecule has 16 rings (SSSR count). The van der Waals surface area contributed by atoms with Crippen molar-refractivity contribution >= 4 is 33.2 Å². The Kier molecular flexibility index (Phi) is 13.3. The number of hydrogen-bond acceptors (Lipinski definition) is 3. The Labute approximate surface area is 512 Å². The van der Waals surface area contributed by atoms with Crippen LogP contribution in [0.3, 0.4) is 0 Å². The first-order chi connectivity index (χ1) is 43.6. The van der Waals surface area contributed by atoms with E-state index >= 15 is 0 Å². The van der Waals surface area contributed by atoms with Gasteiger partial charge in [-0.3, -0.25) is 4.99 Å². The molecule has 2 aromatic heterocycles. The standard InChI is InChI=1S/C84H56N4/c1-7-19-56(20-8-1)58-31-33-62(34-32-58)71-52-75(63-41-35-59(36-42-63)57-21-9-2-10-22-57)83-76(53-71)81(67-43-37-60(38-44-67)69-48-50-78-72(51-69)55-79(64-23-11-3-12-24-64)88(78)73-29-17-6-18-30-73)86-84(87-83)68-45-39-61(40-46-68)70-47-49-74-77(54-70)85-82(66-27-15-5-16-28-66)80(74)65-25-13-4-14-26-65/h1-55,80H/t80-/m1/s1. The Bertz CT molecular complexity index is 5040. The molecule has 0 fully saturated rings. The number of rotatable bonds is 12. The summed E-state index contributed by atoms with van der Waals surface area (Å²) in [6.45, 7) is 0. The van der Waals surface area contributed by atoms with Gasteiger partial charge in [0.25, 0.3) is 0 Å². The average Bonchev–Trinajstić information content (AvgIpc) is 3.80. The van der Waals surface area contributed by atoms with E-state index in [2.05, 4.69) is 338 Å². The van der Waals surface area contributed by atoms with Gasteiger partial charge in [0.1, 0.15) is 0 Å². The molecule has 0 saturated heterocycles. The Morgan fingerprint density at radius 2 is 0.739 bits per heavy atom. The van der Waals surface area contributed by atoms with E-state index < -0.39 is 0 Å². The van der Waals surface area contributed by atoms with Gasteiger partial charge in [-0.25, -0.2) is 9.97 Å². The molecule has 0 bridgehead atoms. The fraction of sp³-hybridized carbons (Fsp3) is 0.0119. The summed E-state index contributed by atoms with van der Waals surface area (Å²) in [5.74, 6) is 0.699. The van der Waals surface area contributed by atoms with E-state index in [0.29, 0.717) is 5.82 Å². The summed E-state index contributed by atoms with van der Waals surface area (Å²) in [5.41, 5.74) is 27.4. The molecule has 15 aromatic rings. The topological polar surface area (TPSA) is 43.1 Å². The monoisotopic (exact) mass is 1120 g/mol. The van der Waals surface area contributed by atoms with Crippen molar-refractivity contribution in [3.8, 4) is 106 Å². The van der Waals surface area contributed by atoms with Gasteiger partial charge in [-0.05, 0) is 132 Å². The first-order valence-electron chi connectivity index (χ1n) is 30.1. The third-order valence-corrected chi connectivity index (χ3v) is 17.3. The van der Waals surface area contributed by atoms with Crippen LogP contribution in [0.5, 0.6) is 0 Å². The van der Waals surface area contributed by atoms with Crippen LogP contribution in [0, 0.1) is 0 Å². The van der Waals surface area contributed by atoms with Crippen molar-refractivity contribution in [1.82, 2.24) is 14.5 Å². The highest BCUT2D eigenvalue weighted by molar-refractivity contribution is 6.12. The maximum Gasteiger partial charge on any atom is 0.160 e. The smallest absolute Gasteiger partial charge is 0.160 e. The first kappa shape index (κ1) is 52.0. The van der Waals surface area contributed by atoms with Crippen LogP contribution in [-0.4, -0.2) is 20.2 Å². The van der Waals surface area contributed by atoms with Crippen LogP contribution in [0.25, 0.3) is 128 Å². The highest BCUT2D eigenvalue weighted by Gasteiger charge is 2.30. The number of aliphatic imine (C=N–C) groups is 1. The molecule has 13 aromatic carbocycles. The molecule has 1 atom stereocenters. The zero-order valence-corrected chi connectivity index (χ0v) is 48.1. The van der Waals surface area contributed by atoms with E-state index in [1.54, 1.807) is 0 Å². The molecule has 0 spiro atoms. The minimum Gasteiger partial charge on any atom is -0.309 e. The van der Waals surface area contributed by atoms with Crippen molar-refractivity contribution < 1.29 is 0 Å². The molecule has 0 saturated carbocycles. The third kappa shape index (κ3) is 9.79. The van der Waals surface area contributed by atoms with Crippen molar-refractivity contribution in [2.24, 2.45) is 4.99 Å². The average molecular weight is 1120 g/mol. The number of hydrogen-bond donors (Lipinski definition) is 0. The lowest BCUT2D eigenvalue weighted by Gasteiger charge is -2.17. The zero-order chi connectivity index (χ0) is 58.3. The van der Waals surface area contributed by atoms with Crippen molar-refractivity contribution in [2.75, 3.05) is 0 Å². The van der Waals surface area contributed by atoms with Gasteiger partial charge < -0.3 is 4.57 Å². The summed E-state index contributed by atoms with van der Waals surface area (Å²) in [4.78, 5) is 16.6. The summed E-state index contributed by atoms with van der Waals surface area (Å²) in [5, 5.41) is 2.15. The van der Waals surface area contributed by atoms with Crippen LogP contribution >= 0.6 is 0 Å². The predicted molar refractivity (Wildman–Crippen MR) is 366 cm³/mol. The Morgan fingerprint density at radius 1 is 0.295 bits per heavy atom. The molecule has 0 radical (unpaired) electrons. The summed E-state index contributed by atoms with van der Waals surface area (Å²) in [6, 6.07) is 120. The molecule has 0 amide bonds. The van der Waals surface area contributed by atoms with E-state index in [1.807, 2.05) is 0 Å². The summed E-state index contributed by atoms with van der Waals surface area (Å²) < 4.78 is 2.37. The predicted octanol–water partition coefficient (Wildman–Crippen LogP) is 21.8. The fourth-order valence-corrected chi connectivity index (χ4v) is 12.9. The summed E-state index contributed by atoms with van der Waals surface area (Å²) in [6.07, 6.45) is 0. The van der Waals surface area contributed by atoms with E-state index in [1.165, 1.54) is 38.8 Å². The molecule has 88 heavy (non-hydrogen) atoms. The largest absolute Gasteiger partial charge is 0.309 e. The van der Waals surface area contributed by atoms with Gasteiger partial charge >= 0.3 is 0 Å². The maximum absolute atomic E-state index is 5.62. The molecule has 1 aliphatic heterocycles. The van der Waals surface area contributed by atoms with Crippen LogP contribution in [-0.2, 0) is 0 Å². The first-order valence-corrected chi connectivity index (χ1v) is 30.1. The van der Waals surface area contributed by atoms with Crippen LogP contribution in [0.1, 0.15) is 22.6 Å². The van der Waals surface area contributed by atoms with E-state index in [0.717, 1.165) is 112 Å². The number of aromatic nitrogens is 3. The molecule has 4 heteroatoms.